The Kier molecular flexibility index (Phi) is 7.77. The van der Waals surface area contributed by atoms with Gasteiger partial charge in [-0.15, -0.1) is 0 Å². The van der Waals surface area contributed by atoms with Crippen LogP contribution in [0, 0.1) is 13.8 Å². The van der Waals surface area contributed by atoms with Gasteiger partial charge in [-0.3, -0.25) is 25.8 Å². The van der Waals surface area contributed by atoms with Crippen LogP contribution in [0.3, 0.4) is 0 Å². The molecule has 2 amide bonds. The molecule has 0 aliphatic rings. The Bertz CT molecular complexity index is 905. The molecular weight excluding hydrogens is 446 g/mol. The number of thiocarbonyl (C=S) groups is 1. The zero-order valence-corrected chi connectivity index (χ0v) is 18.0. The molecule has 7 nitrogen and oxygen atoms in total. The topological polar surface area (TPSA) is 88.7 Å². The summed E-state index contributed by atoms with van der Waals surface area (Å²) in [7, 11) is 1.53. The number of benzene rings is 2. The van der Waals surface area contributed by atoms with Gasteiger partial charge in [-0.1, -0.05) is 12.1 Å². The first-order valence-electron chi connectivity index (χ1n) is 8.24. The minimum absolute atomic E-state index is 0.0458. The number of methoxy groups -OCH3 is 1. The van der Waals surface area contributed by atoms with Crippen LogP contribution in [0.5, 0.6) is 11.5 Å². The summed E-state index contributed by atoms with van der Waals surface area (Å²) in [6.45, 7) is 3.63. The third-order valence-electron chi connectivity index (χ3n) is 3.66. The number of halogens is 1. The number of hydrogen-bond acceptors (Lipinski definition) is 5. The third-order valence-corrected chi connectivity index (χ3v) is 4.48. The van der Waals surface area contributed by atoms with Crippen molar-refractivity contribution in [2.75, 3.05) is 13.7 Å². The van der Waals surface area contributed by atoms with Crippen LogP contribution in [0.25, 0.3) is 0 Å². The van der Waals surface area contributed by atoms with E-state index in [0.29, 0.717) is 21.5 Å². The quantitative estimate of drug-likeness (QED) is 0.464. The Balaban J connectivity index is 1.80. The van der Waals surface area contributed by atoms with Gasteiger partial charge in [0, 0.05) is 5.56 Å². The predicted octanol–water partition coefficient (Wildman–Crippen LogP) is 2.79. The molecule has 0 heterocycles. The molecule has 0 atom stereocenters. The lowest BCUT2D eigenvalue weighted by molar-refractivity contribution is -0.121. The molecule has 2 rings (SSSR count). The maximum absolute atomic E-state index is 12.1. The fraction of sp³-hybridized carbons (Fsp3) is 0.211. The molecule has 0 spiro atoms. The molecule has 0 radical (unpaired) electrons. The molecule has 0 saturated heterocycles. The van der Waals surface area contributed by atoms with Crippen molar-refractivity contribution < 1.29 is 19.1 Å². The Labute approximate surface area is 176 Å². The average Bonchev–Trinajstić information content (AvgIpc) is 2.66. The monoisotopic (exact) mass is 465 g/mol. The number of aryl methyl sites for hydroxylation is 2. The molecular formula is C19H20BrN3O4S. The molecule has 0 unspecified atom stereocenters. The number of nitrogens with one attached hydrogen (secondary N) is 3. The first-order chi connectivity index (χ1) is 13.3. The van der Waals surface area contributed by atoms with E-state index in [4.69, 9.17) is 21.7 Å². The summed E-state index contributed by atoms with van der Waals surface area (Å²) in [6, 6.07) is 10.6. The van der Waals surface area contributed by atoms with Gasteiger partial charge in [-0.05, 0) is 77.4 Å². The number of ether oxygens (including phenoxy) is 2. The van der Waals surface area contributed by atoms with Crippen LogP contribution in [0.1, 0.15) is 21.5 Å². The maximum atomic E-state index is 12.1. The fourth-order valence-corrected chi connectivity index (χ4v) is 2.90. The standard InChI is InChI=1S/C19H20BrN3O4S/c1-11-4-5-12(2)16(8-11)27-10-17(24)21-19(28)23-22-18(25)13-6-7-15(26-3)14(20)9-13/h4-9H,10H2,1-3H3,(H,22,25)(H2,21,23,24,28). The first kappa shape index (κ1) is 21.6. The number of rotatable bonds is 5. The van der Waals surface area contributed by atoms with Gasteiger partial charge in [0.05, 0.1) is 11.6 Å². The van der Waals surface area contributed by atoms with E-state index in [1.165, 1.54) is 7.11 Å². The van der Waals surface area contributed by atoms with Crippen molar-refractivity contribution in [1.82, 2.24) is 16.2 Å². The van der Waals surface area contributed by atoms with Crippen LogP contribution in [-0.4, -0.2) is 30.6 Å². The Hall–Kier alpha value is -2.65. The molecule has 9 heteroatoms. The van der Waals surface area contributed by atoms with Gasteiger partial charge in [0.1, 0.15) is 11.5 Å². The van der Waals surface area contributed by atoms with E-state index in [2.05, 4.69) is 32.1 Å². The molecule has 0 aromatic heterocycles. The number of hydrazine groups is 1. The fourth-order valence-electron chi connectivity index (χ4n) is 2.19. The highest BCUT2D eigenvalue weighted by molar-refractivity contribution is 9.10. The van der Waals surface area contributed by atoms with Crippen molar-refractivity contribution in [1.29, 1.82) is 0 Å². The molecule has 0 saturated carbocycles. The van der Waals surface area contributed by atoms with E-state index >= 15 is 0 Å². The average molecular weight is 466 g/mol. The van der Waals surface area contributed by atoms with E-state index in [0.717, 1.165) is 11.1 Å². The molecule has 2 aromatic carbocycles. The van der Waals surface area contributed by atoms with Crippen LogP contribution in [0.4, 0.5) is 0 Å². The smallest absolute Gasteiger partial charge is 0.269 e. The molecule has 0 fully saturated rings. The SMILES string of the molecule is COc1ccc(C(=O)NNC(=S)NC(=O)COc2cc(C)ccc2C)cc1Br. The van der Waals surface area contributed by atoms with Crippen molar-refractivity contribution in [3.63, 3.8) is 0 Å². The molecule has 28 heavy (non-hydrogen) atoms. The maximum Gasteiger partial charge on any atom is 0.269 e. The highest BCUT2D eigenvalue weighted by atomic mass is 79.9. The summed E-state index contributed by atoms with van der Waals surface area (Å²) in [5, 5.41) is 2.39. The Morgan fingerprint density at radius 3 is 2.50 bits per heavy atom. The summed E-state index contributed by atoms with van der Waals surface area (Å²) in [4.78, 5) is 24.1. The normalized spacial score (nSPS) is 10.0. The van der Waals surface area contributed by atoms with Crippen LogP contribution >= 0.6 is 28.1 Å². The molecule has 0 aliphatic carbocycles. The number of carbonyl (C=O) groups excluding carboxylic acids is 2. The van der Waals surface area contributed by atoms with Gasteiger partial charge in [0.15, 0.2) is 11.7 Å². The summed E-state index contributed by atoms with van der Waals surface area (Å²) >= 11 is 8.31. The van der Waals surface area contributed by atoms with Crippen molar-refractivity contribution in [2.45, 2.75) is 13.8 Å². The van der Waals surface area contributed by atoms with Gasteiger partial charge in [-0.25, -0.2) is 0 Å². The summed E-state index contributed by atoms with van der Waals surface area (Å²) in [5.41, 5.74) is 7.23. The van der Waals surface area contributed by atoms with E-state index in [9.17, 15) is 9.59 Å². The summed E-state index contributed by atoms with van der Waals surface area (Å²) in [6.07, 6.45) is 0. The second-order valence-electron chi connectivity index (χ2n) is 5.86. The van der Waals surface area contributed by atoms with Crippen molar-refractivity contribution in [3.8, 4) is 11.5 Å². The lowest BCUT2D eigenvalue weighted by Gasteiger charge is -2.13. The van der Waals surface area contributed by atoms with Gasteiger partial charge >= 0.3 is 0 Å². The molecule has 0 bridgehead atoms. The third kappa shape index (κ3) is 6.21. The van der Waals surface area contributed by atoms with E-state index in [1.54, 1.807) is 18.2 Å². The van der Waals surface area contributed by atoms with Crippen LogP contribution < -0.4 is 25.6 Å². The zero-order valence-electron chi connectivity index (χ0n) is 15.6. The number of carbonyl (C=O) groups is 2. The van der Waals surface area contributed by atoms with Crippen LogP contribution in [-0.2, 0) is 4.79 Å². The van der Waals surface area contributed by atoms with Gasteiger partial charge < -0.3 is 9.47 Å². The molecule has 148 valence electrons. The van der Waals surface area contributed by atoms with Crippen molar-refractivity contribution in [2.24, 2.45) is 0 Å². The highest BCUT2D eigenvalue weighted by Gasteiger charge is 2.11. The number of hydrogen-bond donors (Lipinski definition) is 3. The van der Waals surface area contributed by atoms with E-state index < -0.39 is 11.8 Å². The largest absolute Gasteiger partial charge is 0.496 e. The predicted molar refractivity (Wildman–Crippen MR) is 113 cm³/mol. The highest BCUT2D eigenvalue weighted by Crippen LogP contribution is 2.25. The summed E-state index contributed by atoms with van der Waals surface area (Å²) in [5.74, 6) is 0.370. The second kappa shape index (κ2) is 10.0. The lowest BCUT2D eigenvalue weighted by Crippen LogP contribution is -2.49. The second-order valence-corrected chi connectivity index (χ2v) is 7.13. The minimum Gasteiger partial charge on any atom is -0.496 e. The Morgan fingerprint density at radius 2 is 1.82 bits per heavy atom. The molecule has 0 aliphatic heterocycles. The van der Waals surface area contributed by atoms with E-state index in [1.807, 2.05) is 32.0 Å². The molecule has 3 N–H and O–H groups in total. The minimum atomic E-state index is -0.445. The zero-order chi connectivity index (χ0) is 20.7. The van der Waals surface area contributed by atoms with Crippen LogP contribution in [0.15, 0.2) is 40.9 Å². The van der Waals surface area contributed by atoms with Gasteiger partial charge in [0.2, 0.25) is 0 Å². The van der Waals surface area contributed by atoms with Gasteiger partial charge in [0.25, 0.3) is 11.8 Å². The van der Waals surface area contributed by atoms with Crippen molar-refractivity contribution >= 4 is 45.1 Å². The van der Waals surface area contributed by atoms with E-state index in [-0.39, 0.29) is 11.7 Å². The molecule has 2 aromatic rings. The lowest BCUT2D eigenvalue weighted by atomic mass is 10.1. The summed E-state index contributed by atoms with van der Waals surface area (Å²) < 4.78 is 11.3. The van der Waals surface area contributed by atoms with Crippen LogP contribution in [0.2, 0.25) is 0 Å². The Morgan fingerprint density at radius 1 is 1.07 bits per heavy atom. The van der Waals surface area contributed by atoms with Crippen molar-refractivity contribution in [3.05, 3.63) is 57.6 Å². The first-order valence-corrected chi connectivity index (χ1v) is 9.44. The van der Waals surface area contributed by atoms with Gasteiger partial charge in [-0.2, -0.15) is 0 Å². The number of amides is 2.